The summed E-state index contributed by atoms with van der Waals surface area (Å²) in [5.74, 6) is -0.00818. The highest BCUT2D eigenvalue weighted by molar-refractivity contribution is 6.26. The van der Waals surface area contributed by atoms with Gasteiger partial charge in [0.05, 0.1) is 6.42 Å². The van der Waals surface area contributed by atoms with Crippen molar-refractivity contribution >= 4 is 78.5 Å². The first kappa shape index (κ1) is 50.1. The quantitative estimate of drug-likeness (QED) is 0.0239. The number of esters is 4. The minimum Gasteiger partial charge on any atom is -0.425 e. The molecule has 0 aromatic heterocycles. The Morgan fingerprint density at radius 1 is 0.329 bits per heavy atom. The molecule has 0 saturated heterocycles. The lowest BCUT2D eigenvalue weighted by Crippen LogP contribution is -2.15. The molecular weight excluding hydrogens is 917 g/mol. The van der Waals surface area contributed by atoms with Crippen molar-refractivity contribution in [3.05, 3.63) is 96.1 Å². The fraction of sp³-hybridized carbons (Fsp3) is 0.460. The monoisotopic (exact) mass is 984 g/mol. The number of ketones is 2. The van der Waals surface area contributed by atoms with Crippen LogP contribution in [0.3, 0.4) is 0 Å². The lowest BCUT2D eigenvalue weighted by atomic mass is 9.91. The van der Waals surface area contributed by atoms with E-state index >= 15 is 9.59 Å². The summed E-state index contributed by atoms with van der Waals surface area (Å²) in [4.78, 5) is 85.4. The normalized spacial score (nSPS) is 16.8. The van der Waals surface area contributed by atoms with Gasteiger partial charge in [0.1, 0.15) is 23.0 Å². The zero-order valence-electron chi connectivity index (χ0n) is 42.2. The number of benzene rings is 6. The molecule has 0 bridgehead atoms. The van der Waals surface area contributed by atoms with Crippen molar-refractivity contribution < 1.29 is 47.7 Å². The standard InChI is InChI=1S/C63H68O10/c64-52(48-27-13-29-50-58(48)62(72-56(68)37-33-42-19-5-6-20-42)46-25-11-9-23-44(46)60(50)70-54(66)35-31-40-15-1-2-16-40)39-53(65)49-28-14-30-51-59(49)63(73-57(69)38-34-43-21-7-8-22-43)47-26-12-10-24-45(47)61(51)71-55(67)36-32-41-17-3-4-18-41/h9-14,23-30,40-43H,1-8,15-22,31-39H2. The molecular formula is C63H68O10. The van der Waals surface area contributed by atoms with Gasteiger partial charge in [-0.15, -0.1) is 0 Å². The van der Waals surface area contributed by atoms with Crippen molar-refractivity contribution in [1.82, 2.24) is 0 Å². The van der Waals surface area contributed by atoms with Crippen molar-refractivity contribution in [2.75, 3.05) is 0 Å². The van der Waals surface area contributed by atoms with E-state index < -0.39 is 29.9 Å². The average Bonchev–Trinajstić information content (AvgIpc) is 4.28. The molecule has 0 atom stereocenters. The Labute approximate surface area is 427 Å². The van der Waals surface area contributed by atoms with Crippen molar-refractivity contribution in [3.63, 3.8) is 0 Å². The highest BCUT2D eigenvalue weighted by Gasteiger charge is 2.30. The summed E-state index contributed by atoms with van der Waals surface area (Å²) in [5.41, 5.74) is 0.249. The van der Waals surface area contributed by atoms with E-state index in [9.17, 15) is 19.2 Å². The van der Waals surface area contributed by atoms with Crippen LogP contribution in [-0.4, -0.2) is 35.4 Å². The maximum Gasteiger partial charge on any atom is 0.311 e. The van der Waals surface area contributed by atoms with Crippen LogP contribution in [0, 0.1) is 23.7 Å². The molecule has 4 aliphatic carbocycles. The molecule has 10 nitrogen and oxygen atoms in total. The Kier molecular flexibility index (Phi) is 15.9. The lowest BCUT2D eigenvalue weighted by Gasteiger charge is -2.20. The van der Waals surface area contributed by atoms with Crippen molar-refractivity contribution in [2.24, 2.45) is 23.7 Å². The van der Waals surface area contributed by atoms with Gasteiger partial charge in [0.25, 0.3) is 0 Å². The van der Waals surface area contributed by atoms with Gasteiger partial charge in [-0.3, -0.25) is 28.8 Å². The Morgan fingerprint density at radius 3 is 0.890 bits per heavy atom. The fourth-order valence-electron chi connectivity index (χ4n) is 12.7. The van der Waals surface area contributed by atoms with Crippen LogP contribution >= 0.6 is 0 Å². The minimum absolute atomic E-state index is 0.125. The second-order valence-electron chi connectivity index (χ2n) is 21.5. The summed E-state index contributed by atoms with van der Waals surface area (Å²) < 4.78 is 25.2. The number of carbonyl (C=O) groups is 6. The van der Waals surface area contributed by atoms with E-state index in [-0.39, 0.29) is 82.5 Å². The molecule has 0 N–H and O–H groups in total. The third kappa shape index (κ3) is 11.5. The maximum atomic E-state index is 15.1. The zero-order chi connectivity index (χ0) is 50.3. The highest BCUT2D eigenvalue weighted by atomic mass is 16.5. The number of hydrogen-bond donors (Lipinski definition) is 0. The molecule has 6 aromatic rings. The average molecular weight is 985 g/mol. The molecule has 0 radical (unpaired) electrons. The van der Waals surface area contributed by atoms with Gasteiger partial charge in [-0.1, -0.05) is 188 Å². The second kappa shape index (κ2) is 23.2. The van der Waals surface area contributed by atoms with E-state index in [2.05, 4.69) is 0 Å². The Morgan fingerprint density at radius 2 is 0.589 bits per heavy atom. The highest BCUT2D eigenvalue weighted by Crippen LogP contribution is 2.48. The summed E-state index contributed by atoms with van der Waals surface area (Å²) in [5, 5.41) is 3.50. The van der Waals surface area contributed by atoms with Gasteiger partial charge in [0, 0.05) is 79.9 Å². The van der Waals surface area contributed by atoms with E-state index in [1.165, 1.54) is 0 Å². The number of rotatable bonds is 20. The van der Waals surface area contributed by atoms with Gasteiger partial charge in [0.2, 0.25) is 0 Å². The van der Waals surface area contributed by atoms with Crippen LogP contribution < -0.4 is 18.9 Å². The molecule has 4 aliphatic rings. The van der Waals surface area contributed by atoms with E-state index in [1.54, 1.807) is 48.5 Å². The van der Waals surface area contributed by atoms with Crippen LogP contribution in [0.1, 0.15) is 181 Å². The van der Waals surface area contributed by atoms with E-state index in [4.69, 9.17) is 18.9 Å². The second-order valence-corrected chi connectivity index (χ2v) is 21.5. The lowest BCUT2D eigenvalue weighted by molar-refractivity contribution is -0.135. The van der Waals surface area contributed by atoms with Crippen LogP contribution in [0.2, 0.25) is 0 Å². The third-order valence-electron chi connectivity index (χ3n) is 16.6. The van der Waals surface area contributed by atoms with Crippen molar-refractivity contribution in [2.45, 2.75) is 161 Å². The Balaban J connectivity index is 1.03. The first-order valence-electron chi connectivity index (χ1n) is 27.5. The van der Waals surface area contributed by atoms with E-state index in [0.29, 0.717) is 68.8 Å². The molecule has 6 aromatic carbocycles. The largest absolute Gasteiger partial charge is 0.425 e. The zero-order valence-corrected chi connectivity index (χ0v) is 42.2. The summed E-state index contributed by atoms with van der Waals surface area (Å²) in [6.45, 7) is 0. The maximum absolute atomic E-state index is 15.1. The molecule has 4 fully saturated rings. The molecule has 10 rings (SSSR count). The number of carbonyl (C=O) groups excluding carboxylic acids is 6. The van der Waals surface area contributed by atoms with Crippen LogP contribution in [0.5, 0.6) is 23.0 Å². The summed E-state index contributed by atoms with van der Waals surface area (Å²) >= 11 is 0. The molecule has 0 spiro atoms. The number of hydrogen-bond acceptors (Lipinski definition) is 10. The molecule has 0 amide bonds. The van der Waals surface area contributed by atoms with Gasteiger partial charge in [0.15, 0.2) is 11.6 Å². The van der Waals surface area contributed by atoms with Crippen LogP contribution in [-0.2, 0) is 19.2 Å². The minimum atomic E-state index is -0.616. The van der Waals surface area contributed by atoms with Gasteiger partial charge >= 0.3 is 23.9 Å². The molecule has 0 unspecified atom stereocenters. The number of fused-ring (bicyclic) bond motifs is 4. The van der Waals surface area contributed by atoms with Gasteiger partial charge < -0.3 is 18.9 Å². The van der Waals surface area contributed by atoms with Gasteiger partial charge in [-0.2, -0.15) is 0 Å². The van der Waals surface area contributed by atoms with Crippen LogP contribution in [0.4, 0.5) is 0 Å². The molecule has 73 heavy (non-hydrogen) atoms. The topological polar surface area (TPSA) is 139 Å². The van der Waals surface area contributed by atoms with Crippen LogP contribution in [0.15, 0.2) is 84.9 Å². The van der Waals surface area contributed by atoms with E-state index in [0.717, 1.165) is 116 Å². The molecule has 10 heteroatoms. The fourth-order valence-corrected chi connectivity index (χ4v) is 12.7. The summed E-state index contributed by atoms with van der Waals surface area (Å²) in [6, 6.07) is 24.7. The van der Waals surface area contributed by atoms with Crippen molar-refractivity contribution in [3.8, 4) is 23.0 Å². The molecule has 4 saturated carbocycles. The SMILES string of the molecule is O=C(CCC1CCCC1)Oc1c2ccccc2c(OC(=O)CCC2CCCC2)c2c(C(=O)CC(=O)c3cccc4c(OC(=O)CCC5CCCC5)c5ccccc5c(OC(=O)CCC5CCCC5)c34)cccc12. The summed E-state index contributed by atoms with van der Waals surface area (Å²) in [7, 11) is 0. The van der Waals surface area contributed by atoms with Crippen molar-refractivity contribution in [1.29, 1.82) is 0 Å². The van der Waals surface area contributed by atoms with Crippen LogP contribution in [0.25, 0.3) is 43.1 Å². The number of Topliss-reactive ketones (excluding diaryl/α,β-unsaturated/α-hetero) is 2. The smallest absolute Gasteiger partial charge is 0.311 e. The first-order valence-corrected chi connectivity index (χ1v) is 27.5. The Bertz CT molecular complexity index is 2850. The Hall–Kier alpha value is -6.42. The predicted molar refractivity (Wildman–Crippen MR) is 283 cm³/mol. The third-order valence-corrected chi connectivity index (χ3v) is 16.6. The molecule has 0 heterocycles. The summed E-state index contributed by atoms with van der Waals surface area (Å²) in [6.07, 6.45) is 21.1. The molecule has 380 valence electrons. The van der Waals surface area contributed by atoms with Gasteiger partial charge in [-0.05, 0) is 49.4 Å². The van der Waals surface area contributed by atoms with E-state index in [1.807, 2.05) is 36.4 Å². The number of ether oxygens (including phenoxy) is 4. The predicted octanol–water partition coefficient (Wildman–Crippen LogP) is 15.3. The molecule has 0 aliphatic heterocycles. The van der Waals surface area contributed by atoms with Gasteiger partial charge in [-0.25, -0.2) is 0 Å². The first-order chi connectivity index (χ1) is 35.7.